The van der Waals surface area contributed by atoms with E-state index in [9.17, 15) is 5.11 Å². The molecule has 1 aliphatic carbocycles. The van der Waals surface area contributed by atoms with Crippen LogP contribution in [0.2, 0.25) is 0 Å². The van der Waals surface area contributed by atoms with Crippen LogP contribution in [-0.4, -0.2) is 14.9 Å². The molecule has 14 heavy (non-hydrogen) atoms. The van der Waals surface area contributed by atoms with Gasteiger partial charge in [0.15, 0.2) is 0 Å². The van der Waals surface area contributed by atoms with Gasteiger partial charge in [0.1, 0.15) is 0 Å². The average Bonchev–Trinajstić information content (AvgIpc) is 2.72. The first-order valence-electron chi connectivity index (χ1n) is 5.38. The average molecular weight is 194 g/mol. The standard InChI is InChI=1S/C11H18N2O/c1-3-9-5-4-6-11(9,14)10-7-12-13(2)8-10/h7-9,14H,3-6H2,1-2H3. The Morgan fingerprint density at radius 2 is 2.50 bits per heavy atom. The zero-order chi connectivity index (χ0) is 10.2. The molecule has 1 N–H and O–H groups in total. The summed E-state index contributed by atoms with van der Waals surface area (Å²) in [4.78, 5) is 0. The molecule has 2 atom stereocenters. The Morgan fingerprint density at radius 1 is 1.71 bits per heavy atom. The molecule has 0 aliphatic heterocycles. The summed E-state index contributed by atoms with van der Waals surface area (Å²) in [6, 6.07) is 0. The fourth-order valence-corrected chi connectivity index (χ4v) is 2.63. The second kappa shape index (κ2) is 3.39. The summed E-state index contributed by atoms with van der Waals surface area (Å²) >= 11 is 0. The smallest absolute Gasteiger partial charge is 0.0954 e. The van der Waals surface area contributed by atoms with Gasteiger partial charge in [0, 0.05) is 18.8 Å². The van der Waals surface area contributed by atoms with Crippen LogP contribution in [-0.2, 0) is 12.6 Å². The minimum atomic E-state index is -0.608. The van der Waals surface area contributed by atoms with Crippen LogP contribution >= 0.6 is 0 Å². The van der Waals surface area contributed by atoms with Gasteiger partial charge in [0.25, 0.3) is 0 Å². The van der Waals surface area contributed by atoms with E-state index in [0.717, 1.165) is 31.2 Å². The summed E-state index contributed by atoms with van der Waals surface area (Å²) in [6.07, 6.45) is 7.94. The normalized spacial score (nSPS) is 32.4. The van der Waals surface area contributed by atoms with E-state index in [0.29, 0.717) is 5.92 Å². The highest BCUT2D eigenvalue weighted by Crippen LogP contribution is 2.44. The predicted octanol–water partition coefficient (Wildman–Crippen LogP) is 1.82. The molecule has 1 fully saturated rings. The van der Waals surface area contributed by atoms with E-state index in [1.807, 2.05) is 13.2 Å². The van der Waals surface area contributed by atoms with E-state index in [1.54, 1.807) is 10.9 Å². The molecule has 0 bridgehead atoms. The Labute approximate surface area is 84.7 Å². The highest BCUT2D eigenvalue weighted by molar-refractivity contribution is 5.18. The molecule has 1 heterocycles. The number of hydrogen-bond donors (Lipinski definition) is 1. The monoisotopic (exact) mass is 194 g/mol. The summed E-state index contributed by atoms with van der Waals surface area (Å²) in [5.74, 6) is 0.409. The quantitative estimate of drug-likeness (QED) is 0.779. The van der Waals surface area contributed by atoms with Gasteiger partial charge in [-0.25, -0.2) is 0 Å². The molecule has 0 spiro atoms. The van der Waals surface area contributed by atoms with Crippen molar-refractivity contribution in [1.29, 1.82) is 0 Å². The Kier molecular flexibility index (Phi) is 2.35. The number of hydrogen-bond acceptors (Lipinski definition) is 2. The summed E-state index contributed by atoms with van der Waals surface area (Å²) in [6.45, 7) is 2.15. The highest BCUT2D eigenvalue weighted by Gasteiger charge is 2.42. The molecule has 0 amide bonds. The molecule has 78 valence electrons. The van der Waals surface area contributed by atoms with Gasteiger partial charge in [-0.3, -0.25) is 4.68 Å². The molecule has 1 aromatic rings. The van der Waals surface area contributed by atoms with Crippen LogP contribution in [0.4, 0.5) is 0 Å². The lowest BCUT2D eigenvalue weighted by molar-refractivity contribution is -0.00393. The molecular formula is C11H18N2O. The maximum absolute atomic E-state index is 10.6. The molecule has 1 saturated carbocycles. The lowest BCUT2D eigenvalue weighted by Crippen LogP contribution is -2.29. The molecule has 0 aromatic carbocycles. The Bertz CT molecular complexity index is 321. The predicted molar refractivity (Wildman–Crippen MR) is 54.7 cm³/mol. The third-order valence-electron chi connectivity index (χ3n) is 3.48. The Morgan fingerprint density at radius 3 is 3.07 bits per heavy atom. The number of nitrogens with zero attached hydrogens (tertiary/aromatic N) is 2. The van der Waals surface area contributed by atoms with E-state index < -0.39 is 5.60 Å². The molecule has 0 saturated heterocycles. The molecule has 1 aromatic heterocycles. The van der Waals surface area contributed by atoms with Crippen molar-refractivity contribution >= 4 is 0 Å². The molecule has 0 radical (unpaired) electrons. The highest BCUT2D eigenvalue weighted by atomic mass is 16.3. The van der Waals surface area contributed by atoms with Crippen LogP contribution in [0.5, 0.6) is 0 Å². The lowest BCUT2D eigenvalue weighted by atomic mass is 9.84. The second-order valence-electron chi connectivity index (χ2n) is 4.32. The van der Waals surface area contributed by atoms with Crippen molar-refractivity contribution in [3.8, 4) is 0 Å². The summed E-state index contributed by atoms with van der Waals surface area (Å²) in [5.41, 5.74) is 0.382. The van der Waals surface area contributed by atoms with Crippen molar-refractivity contribution in [2.75, 3.05) is 0 Å². The zero-order valence-corrected chi connectivity index (χ0v) is 8.90. The zero-order valence-electron chi connectivity index (χ0n) is 8.90. The number of aliphatic hydroxyl groups is 1. The molecule has 1 aliphatic rings. The maximum atomic E-state index is 10.6. The third kappa shape index (κ3) is 1.36. The molecule has 2 unspecified atom stereocenters. The van der Waals surface area contributed by atoms with E-state index in [-0.39, 0.29) is 0 Å². The van der Waals surface area contributed by atoms with Crippen LogP contribution < -0.4 is 0 Å². The van der Waals surface area contributed by atoms with Crippen LogP contribution in [0.15, 0.2) is 12.4 Å². The van der Waals surface area contributed by atoms with Crippen molar-refractivity contribution in [1.82, 2.24) is 9.78 Å². The van der Waals surface area contributed by atoms with Crippen LogP contribution in [0.3, 0.4) is 0 Å². The van der Waals surface area contributed by atoms with Crippen molar-refractivity contribution in [3.63, 3.8) is 0 Å². The van der Waals surface area contributed by atoms with Crippen LogP contribution in [0.1, 0.15) is 38.2 Å². The third-order valence-corrected chi connectivity index (χ3v) is 3.48. The minimum Gasteiger partial charge on any atom is -0.385 e. The second-order valence-corrected chi connectivity index (χ2v) is 4.32. The van der Waals surface area contributed by atoms with Crippen molar-refractivity contribution in [2.24, 2.45) is 13.0 Å². The molecular weight excluding hydrogens is 176 g/mol. The van der Waals surface area contributed by atoms with E-state index in [2.05, 4.69) is 12.0 Å². The van der Waals surface area contributed by atoms with E-state index >= 15 is 0 Å². The van der Waals surface area contributed by atoms with Crippen molar-refractivity contribution in [3.05, 3.63) is 18.0 Å². The first kappa shape index (κ1) is 9.71. The van der Waals surface area contributed by atoms with Gasteiger partial charge in [0.05, 0.1) is 11.8 Å². The molecule has 2 rings (SSSR count). The van der Waals surface area contributed by atoms with E-state index in [4.69, 9.17) is 0 Å². The summed E-state index contributed by atoms with van der Waals surface area (Å²) in [5, 5.41) is 14.7. The minimum absolute atomic E-state index is 0.409. The topological polar surface area (TPSA) is 38.1 Å². The van der Waals surface area contributed by atoms with Gasteiger partial charge in [-0.15, -0.1) is 0 Å². The van der Waals surface area contributed by atoms with Gasteiger partial charge in [-0.05, 0) is 25.2 Å². The largest absolute Gasteiger partial charge is 0.385 e. The fraction of sp³-hybridized carbons (Fsp3) is 0.727. The number of rotatable bonds is 2. The van der Waals surface area contributed by atoms with Crippen molar-refractivity contribution < 1.29 is 5.11 Å². The molecule has 3 heteroatoms. The Hall–Kier alpha value is -0.830. The molecule has 3 nitrogen and oxygen atoms in total. The summed E-state index contributed by atoms with van der Waals surface area (Å²) in [7, 11) is 1.89. The van der Waals surface area contributed by atoms with Crippen LogP contribution in [0.25, 0.3) is 0 Å². The van der Waals surface area contributed by atoms with Crippen LogP contribution in [0, 0.1) is 5.92 Å². The van der Waals surface area contributed by atoms with Gasteiger partial charge >= 0.3 is 0 Å². The van der Waals surface area contributed by atoms with Gasteiger partial charge in [-0.2, -0.15) is 5.10 Å². The van der Waals surface area contributed by atoms with Gasteiger partial charge in [0.2, 0.25) is 0 Å². The van der Waals surface area contributed by atoms with Gasteiger partial charge < -0.3 is 5.11 Å². The first-order valence-corrected chi connectivity index (χ1v) is 5.38. The number of aromatic nitrogens is 2. The first-order chi connectivity index (χ1) is 6.66. The Balaban J connectivity index is 2.31. The SMILES string of the molecule is CCC1CCCC1(O)c1cnn(C)c1. The lowest BCUT2D eigenvalue weighted by Gasteiger charge is -2.28. The van der Waals surface area contributed by atoms with Gasteiger partial charge in [-0.1, -0.05) is 13.3 Å². The maximum Gasteiger partial charge on any atom is 0.0954 e. The van der Waals surface area contributed by atoms with Crippen molar-refractivity contribution in [2.45, 2.75) is 38.2 Å². The summed E-state index contributed by atoms with van der Waals surface area (Å²) < 4.78 is 1.76. The number of aryl methyl sites for hydroxylation is 1. The van der Waals surface area contributed by atoms with E-state index in [1.165, 1.54) is 0 Å². The fourth-order valence-electron chi connectivity index (χ4n) is 2.63.